The summed E-state index contributed by atoms with van der Waals surface area (Å²) in [6, 6.07) is 3.78. The van der Waals surface area contributed by atoms with Crippen molar-refractivity contribution in [3.63, 3.8) is 0 Å². The lowest BCUT2D eigenvalue weighted by molar-refractivity contribution is -0.136. The van der Waals surface area contributed by atoms with Gasteiger partial charge in [0.15, 0.2) is 6.29 Å². The highest BCUT2D eigenvalue weighted by Gasteiger charge is 2.00. The van der Waals surface area contributed by atoms with E-state index in [0.29, 0.717) is 11.8 Å². The maximum absolute atomic E-state index is 12.9. The largest absolute Gasteiger partial charge is 0.456 e. The number of halogens is 1. The number of benzene rings is 1. The van der Waals surface area contributed by atoms with Gasteiger partial charge in [-0.25, -0.2) is 9.18 Å². The standard InChI is InChI=1S/C12H9FO3/c1-2-16-12(15)6-4-9-3-5-11(13)10(7-9)8-14/h3,5,7-8H,2H2,1H3. The first kappa shape index (κ1) is 11.9. The maximum Gasteiger partial charge on any atom is 0.384 e. The van der Waals surface area contributed by atoms with Gasteiger partial charge in [-0.2, -0.15) is 0 Å². The summed E-state index contributed by atoms with van der Waals surface area (Å²) < 4.78 is 17.5. The Morgan fingerprint density at radius 2 is 2.31 bits per heavy atom. The van der Waals surface area contributed by atoms with E-state index in [1.54, 1.807) is 6.92 Å². The first-order valence-electron chi connectivity index (χ1n) is 4.61. The van der Waals surface area contributed by atoms with Crippen molar-refractivity contribution in [2.75, 3.05) is 6.61 Å². The number of carbonyl (C=O) groups is 2. The Kier molecular flexibility index (Phi) is 4.22. The van der Waals surface area contributed by atoms with Crippen LogP contribution in [0.25, 0.3) is 0 Å². The zero-order valence-electron chi connectivity index (χ0n) is 8.62. The fraction of sp³-hybridized carbons (Fsp3) is 0.167. The van der Waals surface area contributed by atoms with Crippen molar-refractivity contribution in [1.29, 1.82) is 0 Å². The second-order valence-corrected chi connectivity index (χ2v) is 2.82. The van der Waals surface area contributed by atoms with E-state index in [9.17, 15) is 14.0 Å². The molecule has 0 aromatic heterocycles. The van der Waals surface area contributed by atoms with E-state index in [2.05, 4.69) is 16.6 Å². The van der Waals surface area contributed by atoms with Crippen molar-refractivity contribution in [3.05, 3.63) is 35.1 Å². The van der Waals surface area contributed by atoms with Gasteiger partial charge in [0.2, 0.25) is 0 Å². The van der Waals surface area contributed by atoms with Gasteiger partial charge in [0, 0.05) is 11.5 Å². The highest BCUT2D eigenvalue weighted by atomic mass is 19.1. The van der Waals surface area contributed by atoms with Crippen LogP contribution in [0.1, 0.15) is 22.8 Å². The van der Waals surface area contributed by atoms with Crippen LogP contribution in [0.5, 0.6) is 0 Å². The van der Waals surface area contributed by atoms with Crippen molar-refractivity contribution >= 4 is 12.3 Å². The van der Waals surface area contributed by atoms with E-state index in [-0.39, 0.29) is 12.2 Å². The molecule has 0 saturated carbocycles. The first-order chi connectivity index (χ1) is 7.67. The molecule has 0 atom stereocenters. The van der Waals surface area contributed by atoms with Gasteiger partial charge in [0.1, 0.15) is 5.82 Å². The molecular weight excluding hydrogens is 211 g/mol. The maximum atomic E-state index is 12.9. The van der Waals surface area contributed by atoms with E-state index in [4.69, 9.17) is 0 Å². The van der Waals surface area contributed by atoms with E-state index >= 15 is 0 Å². The lowest BCUT2D eigenvalue weighted by Crippen LogP contribution is -1.99. The lowest BCUT2D eigenvalue weighted by atomic mass is 10.1. The van der Waals surface area contributed by atoms with Crippen LogP contribution < -0.4 is 0 Å². The van der Waals surface area contributed by atoms with Crippen LogP contribution in [0.4, 0.5) is 4.39 Å². The van der Waals surface area contributed by atoms with Crippen molar-refractivity contribution in [2.24, 2.45) is 0 Å². The minimum absolute atomic E-state index is 0.0874. The summed E-state index contributed by atoms with van der Waals surface area (Å²) in [4.78, 5) is 21.3. The van der Waals surface area contributed by atoms with Crippen LogP contribution >= 0.6 is 0 Å². The van der Waals surface area contributed by atoms with Gasteiger partial charge < -0.3 is 4.74 Å². The van der Waals surface area contributed by atoms with Crippen molar-refractivity contribution in [1.82, 2.24) is 0 Å². The molecule has 1 rings (SSSR count). The second kappa shape index (κ2) is 5.66. The third-order valence-corrected chi connectivity index (χ3v) is 1.71. The lowest BCUT2D eigenvalue weighted by Gasteiger charge is -1.95. The Bertz CT molecular complexity index is 469. The minimum Gasteiger partial charge on any atom is -0.456 e. The SMILES string of the molecule is CCOC(=O)C#Cc1ccc(F)c(C=O)c1. The van der Waals surface area contributed by atoms with Gasteiger partial charge >= 0.3 is 5.97 Å². The molecule has 1 aromatic rings. The molecule has 0 aliphatic heterocycles. The molecule has 4 heteroatoms. The van der Waals surface area contributed by atoms with Crippen LogP contribution in [0, 0.1) is 17.7 Å². The van der Waals surface area contributed by atoms with Gasteiger partial charge in [0.05, 0.1) is 12.2 Å². The minimum atomic E-state index is -0.653. The van der Waals surface area contributed by atoms with Crippen LogP contribution in [0.2, 0.25) is 0 Å². The smallest absolute Gasteiger partial charge is 0.384 e. The average molecular weight is 220 g/mol. The monoisotopic (exact) mass is 220 g/mol. The van der Waals surface area contributed by atoms with Gasteiger partial charge in [-0.15, -0.1) is 0 Å². The quantitative estimate of drug-likeness (QED) is 0.431. The summed E-state index contributed by atoms with van der Waals surface area (Å²) in [7, 11) is 0. The van der Waals surface area contributed by atoms with Crippen LogP contribution in [0.3, 0.4) is 0 Å². The zero-order valence-corrected chi connectivity index (χ0v) is 8.62. The molecule has 0 fully saturated rings. The van der Waals surface area contributed by atoms with Crippen molar-refractivity contribution in [2.45, 2.75) is 6.92 Å². The molecule has 0 N–H and O–H groups in total. The molecular formula is C12H9FO3. The van der Waals surface area contributed by atoms with Crippen molar-refractivity contribution in [3.8, 4) is 11.8 Å². The summed E-state index contributed by atoms with van der Waals surface area (Å²) in [5, 5.41) is 0. The molecule has 0 unspecified atom stereocenters. The normalized spacial score (nSPS) is 8.88. The molecule has 0 heterocycles. The number of ether oxygens (including phenoxy) is 1. The highest BCUT2D eigenvalue weighted by molar-refractivity contribution is 5.89. The molecule has 3 nitrogen and oxygen atoms in total. The number of aldehydes is 1. The number of hydrogen-bond donors (Lipinski definition) is 0. The molecule has 0 spiro atoms. The predicted octanol–water partition coefficient (Wildman–Crippen LogP) is 1.55. The van der Waals surface area contributed by atoms with Gasteiger partial charge in [-0.1, -0.05) is 5.92 Å². The third-order valence-electron chi connectivity index (χ3n) is 1.71. The Balaban J connectivity index is 2.89. The van der Waals surface area contributed by atoms with Gasteiger partial charge in [0.25, 0.3) is 0 Å². The average Bonchev–Trinajstić information content (AvgIpc) is 2.28. The summed E-state index contributed by atoms with van der Waals surface area (Å²) in [6.07, 6.45) is 0.394. The third kappa shape index (κ3) is 3.21. The number of hydrogen-bond acceptors (Lipinski definition) is 3. The molecule has 0 aliphatic carbocycles. The number of rotatable bonds is 2. The Labute approximate surface area is 92.2 Å². The molecule has 0 saturated heterocycles. The molecule has 82 valence electrons. The molecule has 1 aromatic carbocycles. The number of esters is 1. The molecule has 0 amide bonds. The van der Waals surface area contributed by atoms with Gasteiger partial charge in [-0.3, -0.25) is 4.79 Å². The van der Waals surface area contributed by atoms with Gasteiger partial charge in [-0.05, 0) is 25.1 Å². The molecule has 0 bridgehead atoms. The Morgan fingerprint density at radius 1 is 1.56 bits per heavy atom. The fourth-order valence-corrected chi connectivity index (χ4v) is 1.00. The van der Waals surface area contributed by atoms with Crippen LogP contribution in [0.15, 0.2) is 18.2 Å². The summed E-state index contributed by atoms with van der Waals surface area (Å²) in [5.41, 5.74) is 0.298. The van der Waals surface area contributed by atoms with E-state index in [1.807, 2.05) is 0 Å². The number of carbonyl (C=O) groups excluding carboxylic acids is 2. The highest BCUT2D eigenvalue weighted by Crippen LogP contribution is 2.07. The first-order valence-corrected chi connectivity index (χ1v) is 4.61. The second-order valence-electron chi connectivity index (χ2n) is 2.82. The summed E-state index contributed by atoms with van der Waals surface area (Å²) in [5.74, 6) is 3.43. The van der Waals surface area contributed by atoms with E-state index < -0.39 is 11.8 Å². The Morgan fingerprint density at radius 3 is 2.94 bits per heavy atom. The molecule has 16 heavy (non-hydrogen) atoms. The summed E-state index contributed by atoms with van der Waals surface area (Å²) >= 11 is 0. The van der Waals surface area contributed by atoms with E-state index in [1.165, 1.54) is 12.1 Å². The predicted molar refractivity (Wildman–Crippen MR) is 55.3 cm³/mol. The fourth-order valence-electron chi connectivity index (χ4n) is 1.00. The molecule has 0 radical (unpaired) electrons. The van der Waals surface area contributed by atoms with Crippen LogP contribution in [-0.4, -0.2) is 18.9 Å². The van der Waals surface area contributed by atoms with Crippen molar-refractivity contribution < 1.29 is 18.7 Å². The topological polar surface area (TPSA) is 43.4 Å². The van der Waals surface area contributed by atoms with E-state index in [0.717, 1.165) is 6.07 Å². The summed E-state index contributed by atoms with van der Waals surface area (Å²) in [6.45, 7) is 1.92. The van der Waals surface area contributed by atoms with Crippen LogP contribution in [-0.2, 0) is 9.53 Å². The zero-order chi connectivity index (χ0) is 12.0. The molecule has 0 aliphatic rings. The Hall–Kier alpha value is -2.15.